The van der Waals surface area contributed by atoms with Crippen molar-refractivity contribution in [2.24, 2.45) is 0 Å². The number of aryl methyl sites for hydroxylation is 1. The third-order valence-electron chi connectivity index (χ3n) is 3.93. The summed E-state index contributed by atoms with van der Waals surface area (Å²) in [6, 6.07) is 11.0. The van der Waals surface area contributed by atoms with Gasteiger partial charge >= 0.3 is 0 Å². The van der Waals surface area contributed by atoms with Crippen molar-refractivity contribution < 1.29 is 13.2 Å². The van der Waals surface area contributed by atoms with Crippen molar-refractivity contribution in [1.29, 1.82) is 0 Å². The monoisotopic (exact) mass is 350 g/mol. The lowest BCUT2D eigenvalue weighted by molar-refractivity contribution is -0.118. The van der Waals surface area contributed by atoms with Crippen LogP contribution >= 0.6 is 11.3 Å². The van der Waals surface area contributed by atoms with Gasteiger partial charge in [-0.15, -0.1) is 11.3 Å². The van der Waals surface area contributed by atoms with Gasteiger partial charge in [-0.25, -0.2) is 8.42 Å². The number of hydrogen-bond acceptors (Lipinski definition) is 4. The van der Waals surface area contributed by atoms with Crippen molar-refractivity contribution in [2.75, 3.05) is 25.0 Å². The van der Waals surface area contributed by atoms with Crippen LogP contribution in [0, 0.1) is 0 Å². The quantitative estimate of drug-likeness (QED) is 0.850. The number of carbonyl (C=O) groups excluding carboxylic acids is 1. The molecule has 0 spiro atoms. The van der Waals surface area contributed by atoms with Crippen molar-refractivity contribution in [3.63, 3.8) is 0 Å². The van der Waals surface area contributed by atoms with Crippen molar-refractivity contribution in [3.8, 4) is 0 Å². The van der Waals surface area contributed by atoms with E-state index in [4.69, 9.17) is 0 Å². The summed E-state index contributed by atoms with van der Waals surface area (Å²) in [4.78, 5) is 14.3. The normalized spacial score (nSPS) is 14.8. The Labute approximate surface area is 140 Å². The first kappa shape index (κ1) is 16.2. The van der Waals surface area contributed by atoms with Gasteiger partial charge < -0.3 is 4.90 Å². The topological polar surface area (TPSA) is 57.7 Å². The Hall–Kier alpha value is -1.70. The highest BCUT2D eigenvalue weighted by Crippen LogP contribution is 2.27. The molecule has 1 aliphatic heterocycles. The van der Waals surface area contributed by atoms with Crippen LogP contribution in [0.1, 0.15) is 12.0 Å². The maximum atomic E-state index is 12.6. The highest BCUT2D eigenvalue weighted by atomic mass is 32.2. The van der Waals surface area contributed by atoms with Crippen LogP contribution in [0.5, 0.6) is 0 Å². The molecule has 0 N–H and O–H groups in total. The predicted octanol–water partition coefficient (Wildman–Crippen LogP) is 2.35. The fourth-order valence-electron chi connectivity index (χ4n) is 2.72. The molecule has 0 saturated heterocycles. The predicted molar refractivity (Wildman–Crippen MR) is 91.3 cm³/mol. The van der Waals surface area contributed by atoms with E-state index in [0.29, 0.717) is 6.54 Å². The lowest BCUT2D eigenvalue weighted by Crippen LogP contribution is -2.43. The summed E-state index contributed by atoms with van der Waals surface area (Å²) in [7, 11) is -2.16. The minimum atomic E-state index is -3.60. The van der Waals surface area contributed by atoms with E-state index >= 15 is 0 Å². The minimum absolute atomic E-state index is 0.158. The van der Waals surface area contributed by atoms with Gasteiger partial charge in [-0.2, -0.15) is 4.31 Å². The third-order valence-corrected chi connectivity index (χ3v) is 7.11. The number of hydrogen-bond donors (Lipinski definition) is 0. The number of likely N-dealkylation sites (N-methyl/N-ethyl adjacent to an activating group) is 1. The first-order valence-corrected chi connectivity index (χ1v) is 9.70. The highest BCUT2D eigenvalue weighted by molar-refractivity contribution is 7.91. The molecule has 0 aliphatic carbocycles. The van der Waals surface area contributed by atoms with E-state index in [1.807, 2.05) is 24.3 Å². The summed E-state index contributed by atoms with van der Waals surface area (Å²) in [6.45, 7) is 0.470. The minimum Gasteiger partial charge on any atom is -0.311 e. The largest absolute Gasteiger partial charge is 0.311 e. The number of sulfonamides is 1. The Balaban J connectivity index is 1.78. The molecule has 0 saturated carbocycles. The first-order chi connectivity index (χ1) is 11.0. The van der Waals surface area contributed by atoms with E-state index in [1.165, 1.54) is 7.05 Å². The average Bonchev–Trinajstić information content (AvgIpc) is 3.09. The number of nitrogens with zero attached hydrogens (tertiary/aromatic N) is 2. The Morgan fingerprint density at radius 3 is 2.78 bits per heavy atom. The van der Waals surface area contributed by atoms with Gasteiger partial charge in [0.05, 0.1) is 6.54 Å². The number of anilines is 1. The third kappa shape index (κ3) is 3.17. The molecule has 1 aromatic heterocycles. The van der Waals surface area contributed by atoms with Crippen LogP contribution < -0.4 is 4.90 Å². The SMILES string of the molecule is CN(CC(=O)N1CCCc2ccccc21)S(=O)(=O)c1cccs1. The number of rotatable bonds is 4. The number of thiophene rings is 1. The Morgan fingerprint density at radius 2 is 2.04 bits per heavy atom. The molecule has 0 bridgehead atoms. The second kappa shape index (κ2) is 6.43. The van der Waals surface area contributed by atoms with Crippen molar-refractivity contribution in [3.05, 3.63) is 47.3 Å². The van der Waals surface area contributed by atoms with E-state index in [0.717, 1.165) is 39.7 Å². The van der Waals surface area contributed by atoms with Gasteiger partial charge in [-0.1, -0.05) is 24.3 Å². The molecule has 0 atom stereocenters. The number of para-hydroxylation sites is 1. The fourth-order valence-corrected chi connectivity index (χ4v) is 5.04. The molecule has 23 heavy (non-hydrogen) atoms. The Kier molecular flexibility index (Phi) is 4.52. The summed E-state index contributed by atoms with van der Waals surface area (Å²) in [5.74, 6) is -0.195. The first-order valence-electron chi connectivity index (χ1n) is 7.38. The van der Waals surface area contributed by atoms with E-state index < -0.39 is 10.0 Å². The molecule has 122 valence electrons. The molecular weight excluding hydrogens is 332 g/mol. The maximum absolute atomic E-state index is 12.6. The maximum Gasteiger partial charge on any atom is 0.252 e. The van der Waals surface area contributed by atoms with Gasteiger partial charge in [0.1, 0.15) is 4.21 Å². The number of fused-ring (bicyclic) bond motifs is 1. The second-order valence-corrected chi connectivity index (χ2v) is 8.69. The molecule has 1 aromatic carbocycles. The van der Waals surface area contributed by atoms with E-state index in [1.54, 1.807) is 22.4 Å². The molecule has 1 amide bonds. The van der Waals surface area contributed by atoms with Crippen LogP contribution in [0.2, 0.25) is 0 Å². The second-order valence-electron chi connectivity index (χ2n) is 5.47. The average molecular weight is 350 g/mol. The standard InChI is InChI=1S/C16H18N2O3S2/c1-17(23(20,21)16-9-5-11-22-16)12-15(19)18-10-4-7-13-6-2-3-8-14(13)18/h2-3,5-6,8-9,11H,4,7,10,12H2,1H3. The van der Waals surface area contributed by atoms with E-state index in [-0.39, 0.29) is 16.7 Å². The van der Waals surface area contributed by atoms with Crippen LogP contribution in [-0.2, 0) is 21.2 Å². The zero-order valence-electron chi connectivity index (χ0n) is 12.8. The van der Waals surface area contributed by atoms with Crippen molar-refractivity contribution in [2.45, 2.75) is 17.1 Å². The van der Waals surface area contributed by atoms with Gasteiger partial charge in [0, 0.05) is 19.3 Å². The lowest BCUT2D eigenvalue weighted by Gasteiger charge is -2.30. The van der Waals surface area contributed by atoms with Crippen molar-refractivity contribution >= 4 is 33.0 Å². The molecule has 0 unspecified atom stereocenters. The Bertz CT molecular complexity index is 800. The summed E-state index contributed by atoms with van der Waals surface area (Å²) >= 11 is 1.15. The molecule has 5 nitrogen and oxygen atoms in total. The number of carbonyl (C=O) groups is 1. The smallest absolute Gasteiger partial charge is 0.252 e. The van der Waals surface area contributed by atoms with Gasteiger partial charge in [0.2, 0.25) is 5.91 Å². The fraction of sp³-hybridized carbons (Fsp3) is 0.312. The number of amides is 1. The lowest BCUT2D eigenvalue weighted by atomic mass is 10.0. The number of benzene rings is 1. The summed E-state index contributed by atoms with van der Waals surface area (Å²) in [6.07, 6.45) is 1.84. The summed E-state index contributed by atoms with van der Waals surface area (Å²) in [5.41, 5.74) is 2.03. The zero-order chi connectivity index (χ0) is 16.4. The summed E-state index contributed by atoms with van der Waals surface area (Å²) < 4.78 is 26.2. The van der Waals surface area contributed by atoms with Crippen LogP contribution in [0.4, 0.5) is 5.69 Å². The molecule has 0 fully saturated rings. The molecule has 7 heteroatoms. The van der Waals surface area contributed by atoms with Crippen LogP contribution in [0.25, 0.3) is 0 Å². The van der Waals surface area contributed by atoms with Gasteiger partial charge in [-0.05, 0) is 35.9 Å². The molecule has 3 rings (SSSR count). The van der Waals surface area contributed by atoms with Gasteiger partial charge in [0.25, 0.3) is 10.0 Å². The van der Waals surface area contributed by atoms with Gasteiger partial charge in [0.15, 0.2) is 0 Å². The zero-order valence-corrected chi connectivity index (χ0v) is 14.4. The van der Waals surface area contributed by atoms with Crippen molar-refractivity contribution in [1.82, 2.24) is 4.31 Å². The molecule has 0 radical (unpaired) electrons. The molecular formula is C16H18N2O3S2. The Morgan fingerprint density at radius 1 is 1.26 bits per heavy atom. The van der Waals surface area contributed by atoms with E-state index in [2.05, 4.69) is 0 Å². The molecule has 1 aliphatic rings. The van der Waals surface area contributed by atoms with Crippen LogP contribution in [-0.4, -0.2) is 38.8 Å². The van der Waals surface area contributed by atoms with Gasteiger partial charge in [-0.3, -0.25) is 4.79 Å². The summed E-state index contributed by atoms with van der Waals surface area (Å²) in [5, 5.41) is 1.71. The molecule has 2 heterocycles. The molecule has 2 aromatic rings. The van der Waals surface area contributed by atoms with Crippen LogP contribution in [0.15, 0.2) is 46.0 Å². The van der Waals surface area contributed by atoms with E-state index in [9.17, 15) is 13.2 Å². The van der Waals surface area contributed by atoms with Crippen LogP contribution in [0.3, 0.4) is 0 Å². The highest BCUT2D eigenvalue weighted by Gasteiger charge is 2.28.